The third-order valence-corrected chi connectivity index (χ3v) is 7.65. The van der Waals surface area contributed by atoms with Gasteiger partial charge in [-0.15, -0.1) is 6.58 Å². The maximum atomic E-state index is 13.2. The predicted molar refractivity (Wildman–Crippen MR) is 131 cm³/mol. The molecule has 2 unspecified atom stereocenters. The summed E-state index contributed by atoms with van der Waals surface area (Å²) in [5, 5.41) is 6.86. The van der Waals surface area contributed by atoms with Gasteiger partial charge in [-0.3, -0.25) is 14.6 Å². The van der Waals surface area contributed by atoms with Crippen molar-refractivity contribution in [2.45, 2.75) is 45.2 Å². The van der Waals surface area contributed by atoms with Crippen molar-refractivity contribution in [2.24, 2.45) is 5.92 Å². The van der Waals surface area contributed by atoms with E-state index in [-0.39, 0.29) is 37.0 Å². The molecule has 1 saturated carbocycles. The molecule has 4 rings (SSSR count). The summed E-state index contributed by atoms with van der Waals surface area (Å²) >= 11 is 1.52. The van der Waals surface area contributed by atoms with E-state index in [9.17, 15) is 14.4 Å². The van der Waals surface area contributed by atoms with Gasteiger partial charge in [0.05, 0.1) is 18.2 Å². The Balaban J connectivity index is 1.62. The second kappa shape index (κ2) is 10.7. The summed E-state index contributed by atoms with van der Waals surface area (Å²) in [6, 6.07) is 1.17. The highest BCUT2D eigenvalue weighted by molar-refractivity contribution is 7.08. The molecule has 2 fully saturated rings. The van der Waals surface area contributed by atoms with Crippen LogP contribution in [-0.2, 0) is 14.3 Å². The monoisotopic (exact) mass is 486 g/mol. The average molecular weight is 487 g/mol. The lowest BCUT2D eigenvalue weighted by Crippen LogP contribution is -2.57. The van der Waals surface area contributed by atoms with Gasteiger partial charge in [0.25, 0.3) is 0 Å². The van der Waals surface area contributed by atoms with Gasteiger partial charge < -0.3 is 15.0 Å². The lowest BCUT2D eigenvalue weighted by molar-refractivity contribution is -0.142. The Bertz CT molecular complexity index is 956. The first-order chi connectivity index (χ1) is 16.4. The van der Waals surface area contributed by atoms with Gasteiger partial charge in [0, 0.05) is 50.4 Å². The first-order valence-electron chi connectivity index (χ1n) is 12.1. The first-order valence-corrected chi connectivity index (χ1v) is 13.0. The smallest absolute Gasteiger partial charge is 0.338 e. The van der Waals surface area contributed by atoms with Crippen LogP contribution in [0.5, 0.6) is 0 Å². The third kappa shape index (κ3) is 4.90. The van der Waals surface area contributed by atoms with E-state index in [0.29, 0.717) is 37.4 Å². The number of thiophene rings is 1. The fourth-order valence-corrected chi connectivity index (χ4v) is 5.63. The molecule has 1 aromatic heterocycles. The van der Waals surface area contributed by atoms with Crippen molar-refractivity contribution < 1.29 is 19.1 Å². The number of hydrogen-bond acceptors (Lipinski definition) is 6. The first kappa shape index (κ1) is 24.5. The zero-order valence-electron chi connectivity index (χ0n) is 20.0. The zero-order valence-corrected chi connectivity index (χ0v) is 20.8. The van der Waals surface area contributed by atoms with Crippen molar-refractivity contribution in [3.63, 3.8) is 0 Å². The molecule has 3 heterocycles. The van der Waals surface area contributed by atoms with Crippen LogP contribution in [0.3, 0.4) is 0 Å². The van der Waals surface area contributed by atoms with Crippen molar-refractivity contribution >= 4 is 29.2 Å². The summed E-state index contributed by atoms with van der Waals surface area (Å²) < 4.78 is 5.44. The normalized spacial score (nSPS) is 24.0. The quantitative estimate of drug-likeness (QED) is 0.451. The molecule has 1 saturated heterocycles. The molecule has 1 aliphatic carbocycles. The standard InChI is InChI=1S/C25H34N4O4S/c1-4-10-29-20(15-27-11-12-28(17(3)14-27)23(30)18-7-6-8-18)21(24(31)33-5-2)22(26-25(29)32)19-9-13-34-16-19/h4,9,13,16-18,22H,1,5-8,10-12,14-15H2,2-3H3,(H,26,32). The van der Waals surface area contributed by atoms with Gasteiger partial charge in [0.2, 0.25) is 5.91 Å². The Morgan fingerprint density at radius 1 is 1.32 bits per heavy atom. The molecule has 1 aromatic rings. The topological polar surface area (TPSA) is 82.2 Å². The molecule has 184 valence electrons. The van der Waals surface area contributed by atoms with Crippen molar-refractivity contribution in [2.75, 3.05) is 39.3 Å². The number of urea groups is 1. The van der Waals surface area contributed by atoms with Gasteiger partial charge in [-0.2, -0.15) is 11.3 Å². The molecule has 9 heteroatoms. The predicted octanol–water partition coefficient (Wildman–Crippen LogP) is 3.15. The molecule has 34 heavy (non-hydrogen) atoms. The highest BCUT2D eigenvalue weighted by Crippen LogP contribution is 2.34. The van der Waals surface area contributed by atoms with Gasteiger partial charge in [-0.1, -0.05) is 12.5 Å². The minimum absolute atomic E-state index is 0.0754. The number of piperazine rings is 1. The van der Waals surface area contributed by atoms with Crippen molar-refractivity contribution in [1.29, 1.82) is 0 Å². The highest BCUT2D eigenvalue weighted by Gasteiger charge is 2.40. The van der Waals surface area contributed by atoms with Crippen LogP contribution in [0.25, 0.3) is 0 Å². The van der Waals surface area contributed by atoms with Crippen LogP contribution in [0, 0.1) is 5.92 Å². The SMILES string of the molecule is C=CCN1C(=O)NC(c2ccsc2)C(C(=O)OCC)=C1CN1CCN(C(=O)C2CCC2)C(C)C1. The van der Waals surface area contributed by atoms with Gasteiger partial charge in [-0.05, 0) is 49.1 Å². The summed E-state index contributed by atoms with van der Waals surface area (Å²) in [6.07, 6.45) is 4.79. The van der Waals surface area contributed by atoms with Crippen LogP contribution in [0.15, 0.2) is 40.8 Å². The second-order valence-electron chi connectivity index (χ2n) is 9.16. The average Bonchev–Trinajstić information content (AvgIpc) is 3.29. The van der Waals surface area contributed by atoms with Crippen LogP contribution in [0.2, 0.25) is 0 Å². The molecule has 0 spiro atoms. The van der Waals surface area contributed by atoms with Gasteiger partial charge in [0.1, 0.15) is 0 Å². The number of nitrogens with one attached hydrogen (secondary N) is 1. The van der Waals surface area contributed by atoms with Crippen molar-refractivity contribution in [3.8, 4) is 0 Å². The minimum atomic E-state index is -0.562. The van der Waals surface area contributed by atoms with E-state index in [4.69, 9.17) is 4.74 Å². The molecule has 8 nitrogen and oxygen atoms in total. The lowest BCUT2D eigenvalue weighted by Gasteiger charge is -2.44. The molecule has 3 amide bonds. The van der Waals surface area contributed by atoms with Gasteiger partial charge in [-0.25, -0.2) is 9.59 Å². The van der Waals surface area contributed by atoms with E-state index in [1.165, 1.54) is 11.3 Å². The number of hydrogen-bond donors (Lipinski definition) is 1. The summed E-state index contributed by atoms with van der Waals surface area (Å²) in [4.78, 5) is 44.9. The van der Waals surface area contributed by atoms with Crippen molar-refractivity contribution in [3.05, 3.63) is 46.3 Å². The molecule has 0 bridgehead atoms. The number of ether oxygens (including phenoxy) is 1. The minimum Gasteiger partial charge on any atom is -0.463 e. The molecule has 2 atom stereocenters. The van der Waals surface area contributed by atoms with E-state index in [1.54, 1.807) is 17.9 Å². The molecule has 0 aromatic carbocycles. The Hall–Kier alpha value is -2.65. The number of carbonyl (C=O) groups excluding carboxylic acids is 3. The van der Waals surface area contributed by atoms with Gasteiger partial charge >= 0.3 is 12.0 Å². The Morgan fingerprint density at radius 2 is 2.12 bits per heavy atom. The van der Waals surface area contributed by atoms with Crippen LogP contribution in [0.4, 0.5) is 4.79 Å². The van der Waals surface area contributed by atoms with E-state index in [2.05, 4.69) is 23.7 Å². The van der Waals surface area contributed by atoms with Crippen molar-refractivity contribution in [1.82, 2.24) is 20.0 Å². The Morgan fingerprint density at radius 3 is 2.71 bits per heavy atom. The fraction of sp³-hybridized carbons (Fsp3) is 0.560. The fourth-order valence-electron chi connectivity index (χ4n) is 4.94. The third-order valence-electron chi connectivity index (χ3n) is 6.94. The second-order valence-corrected chi connectivity index (χ2v) is 9.94. The molecule has 3 aliphatic rings. The molecular weight excluding hydrogens is 452 g/mol. The van der Waals surface area contributed by atoms with E-state index < -0.39 is 12.0 Å². The zero-order chi connectivity index (χ0) is 24.2. The number of amides is 3. The van der Waals surface area contributed by atoms with E-state index in [1.807, 2.05) is 21.7 Å². The lowest BCUT2D eigenvalue weighted by atomic mass is 9.84. The number of nitrogens with zero attached hydrogens (tertiary/aromatic N) is 3. The van der Waals surface area contributed by atoms with Crippen LogP contribution in [-0.4, -0.2) is 78.0 Å². The summed E-state index contributed by atoms with van der Waals surface area (Å²) in [7, 11) is 0. The summed E-state index contributed by atoms with van der Waals surface area (Å²) in [6.45, 7) is 10.6. The number of esters is 1. The summed E-state index contributed by atoms with van der Waals surface area (Å²) in [5.41, 5.74) is 1.97. The largest absolute Gasteiger partial charge is 0.463 e. The molecular formula is C25H34N4O4S. The van der Waals surface area contributed by atoms with Gasteiger partial charge in [0.15, 0.2) is 0 Å². The molecule has 0 radical (unpaired) electrons. The van der Waals surface area contributed by atoms with Crippen LogP contribution in [0.1, 0.15) is 44.7 Å². The van der Waals surface area contributed by atoms with E-state index in [0.717, 1.165) is 24.8 Å². The number of rotatable bonds is 8. The molecule has 1 N–H and O–H groups in total. The maximum absolute atomic E-state index is 13.2. The highest BCUT2D eigenvalue weighted by atomic mass is 32.1. The molecule has 2 aliphatic heterocycles. The Kier molecular flexibility index (Phi) is 7.73. The van der Waals surface area contributed by atoms with Crippen LogP contribution >= 0.6 is 11.3 Å². The summed E-state index contributed by atoms with van der Waals surface area (Å²) in [5.74, 6) is 0.0332. The van der Waals surface area contributed by atoms with Crippen LogP contribution < -0.4 is 5.32 Å². The van der Waals surface area contributed by atoms with E-state index >= 15 is 0 Å². The Labute approximate surface area is 205 Å². The number of carbonyl (C=O) groups is 3. The maximum Gasteiger partial charge on any atom is 0.338 e.